The summed E-state index contributed by atoms with van der Waals surface area (Å²) in [7, 11) is 0. The van der Waals surface area contributed by atoms with E-state index >= 15 is 0 Å². The Kier molecular flexibility index (Phi) is 12.1. The lowest BCUT2D eigenvalue weighted by atomic mass is 10.1. The van der Waals surface area contributed by atoms with Gasteiger partial charge >= 0.3 is 5.97 Å². The van der Waals surface area contributed by atoms with Gasteiger partial charge in [0.05, 0.1) is 6.61 Å². The van der Waals surface area contributed by atoms with Crippen molar-refractivity contribution < 1.29 is 9.53 Å². The highest BCUT2D eigenvalue weighted by Crippen LogP contribution is 2.11. The van der Waals surface area contributed by atoms with Crippen LogP contribution < -0.4 is 0 Å². The lowest BCUT2D eigenvalue weighted by molar-refractivity contribution is -0.137. The molecule has 0 atom stereocenters. The first-order chi connectivity index (χ1) is 8.70. The Balaban J connectivity index is 3.54. The molecule has 0 rings (SSSR count). The Bertz CT molecular complexity index is 231. The van der Waals surface area contributed by atoms with Crippen LogP contribution in [0.1, 0.15) is 78.6 Å². The zero-order valence-corrected chi connectivity index (χ0v) is 12.5. The molecule has 0 spiro atoms. The predicted molar refractivity (Wildman–Crippen MR) is 77.6 cm³/mol. The van der Waals surface area contributed by atoms with Crippen LogP contribution in [0.3, 0.4) is 0 Å². The molecule has 0 aromatic heterocycles. The minimum absolute atomic E-state index is 0.174. The zero-order chi connectivity index (χ0) is 13.6. The van der Waals surface area contributed by atoms with E-state index < -0.39 is 0 Å². The monoisotopic (exact) mass is 254 g/mol. The van der Waals surface area contributed by atoms with E-state index in [1.54, 1.807) is 6.08 Å². The van der Waals surface area contributed by atoms with Crippen molar-refractivity contribution >= 4 is 5.97 Å². The van der Waals surface area contributed by atoms with E-state index in [4.69, 9.17) is 4.74 Å². The van der Waals surface area contributed by atoms with Gasteiger partial charge in [-0.15, -0.1) is 0 Å². The Hall–Kier alpha value is -0.790. The van der Waals surface area contributed by atoms with Crippen LogP contribution in [0, 0.1) is 0 Å². The topological polar surface area (TPSA) is 26.3 Å². The second-order valence-corrected chi connectivity index (χ2v) is 5.03. The minimum atomic E-state index is -0.174. The normalized spacial score (nSPS) is 11.6. The predicted octanol–water partition coefficient (Wildman–Crippen LogP) is 5.03. The molecule has 0 saturated carbocycles. The summed E-state index contributed by atoms with van der Waals surface area (Å²) in [4.78, 5) is 11.4. The number of hydrogen-bond donors (Lipinski definition) is 0. The average Bonchev–Trinajstić information content (AvgIpc) is 2.34. The fourth-order valence-electron chi connectivity index (χ4n) is 1.82. The summed E-state index contributed by atoms with van der Waals surface area (Å²) in [6.07, 6.45) is 12.5. The number of carbonyl (C=O) groups is 1. The van der Waals surface area contributed by atoms with Gasteiger partial charge in [-0.1, -0.05) is 57.9 Å². The maximum absolute atomic E-state index is 11.4. The molecule has 0 heterocycles. The standard InChI is InChI=1S/C16H30O2/c1-4-6-8-9-10-11-12-15(3)14-16(17)18-13-7-5-2/h14H,4-13H2,1-3H3. The van der Waals surface area contributed by atoms with Crippen LogP contribution in [0.2, 0.25) is 0 Å². The number of unbranched alkanes of at least 4 members (excludes halogenated alkanes) is 6. The highest BCUT2D eigenvalue weighted by Gasteiger charge is 1.99. The van der Waals surface area contributed by atoms with Crippen molar-refractivity contribution in [2.75, 3.05) is 6.61 Å². The summed E-state index contributed by atoms with van der Waals surface area (Å²) < 4.78 is 5.10. The summed E-state index contributed by atoms with van der Waals surface area (Å²) in [6.45, 7) is 6.90. The van der Waals surface area contributed by atoms with Gasteiger partial charge in [0.15, 0.2) is 0 Å². The molecular weight excluding hydrogens is 224 g/mol. The van der Waals surface area contributed by atoms with Gasteiger partial charge in [-0.25, -0.2) is 4.79 Å². The molecule has 0 aliphatic carbocycles. The summed E-state index contributed by atoms with van der Waals surface area (Å²) in [6, 6.07) is 0. The lowest BCUT2D eigenvalue weighted by Crippen LogP contribution is -2.02. The summed E-state index contributed by atoms with van der Waals surface area (Å²) in [5.74, 6) is -0.174. The van der Waals surface area contributed by atoms with Crippen LogP contribution in [0.15, 0.2) is 11.6 Å². The van der Waals surface area contributed by atoms with Gasteiger partial charge in [-0.3, -0.25) is 0 Å². The van der Waals surface area contributed by atoms with Crippen LogP contribution in [0.4, 0.5) is 0 Å². The van der Waals surface area contributed by atoms with Gasteiger partial charge in [0.2, 0.25) is 0 Å². The molecule has 106 valence electrons. The Labute approximate surface area is 113 Å². The van der Waals surface area contributed by atoms with Gasteiger partial charge in [0.25, 0.3) is 0 Å². The molecule has 0 aliphatic heterocycles. The van der Waals surface area contributed by atoms with E-state index in [1.807, 2.05) is 6.92 Å². The van der Waals surface area contributed by atoms with E-state index in [9.17, 15) is 4.79 Å². The van der Waals surface area contributed by atoms with E-state index in [0.717, 1.165) is 24.8 Å². The number of allylic oxidation sites excluding steroid dienone is 1. The van der Waals surface area contributed by atoms with Crippen LogP contribution >= 0.6 is 0 Å². The summed E-state index contributed by atoms with van der Waals surface area (Å²) in [5.41, 5.74) is 1.15. The van der Waals surface area contributed by atoms with E-state index in [-0.39, 0.29) is 5.97 Å². The Morgan fingerprint density at radius 2 is 1.56 bits per heavy atom. The van der Waals surface area contributed by atoms with Crippen molar-refractivity contribution in [3.63, 3.8) is 0 Å². The molecule has 0 amide bonds. The number of hydrogen-bond acceptors (Lipinski definition) is 2. The number of ether oxygens (including phenoxy) is 1. The Morgan fingerprint density at radius 3 is 2.22 bits per heavy atom. The third-order valence-corrected chi connectivity index (χ3v) is 3.03. The largest absolute Gasteiger partial charge is 0.463 e. The first-order valence-electron chi connectivity index (χ1n) is 7.54. The van der Waals surface area contributed by atoms with Crippen molar-refractivity contribution in [2.45, 2.75) is 78.6 Å². The second-order valence-electron chi connectivity index (χ2n) is 5.03. The van der Waals surface area contributed by atoms with Crippen LogP contribution in [-0.2, 0) is 9.53 Å². The summed E-state index contributed by atoms with van der Waals surface area (Å²) >= 11 is 0. The first kappa shape index (κ1) is 17.2. The smallest absolute Gasteiger partial charge is 0.330 e. The number of rotatable bonds is 11. The van der Waals surface area contributed by atoms with Crippen molar-refractivity contribution in [1.29, 1.82) is 0 Å². The van der Waals surface area contributed by atoms with Crippen LogP contribution in [0.25, 0.3) is 0 Å². The van der Waals surface area contributed by atoms with Gasteiger partial charge < -0.3 is 4.74 Å². The lowest BCUT2D eigenvalue weighted by Gasteiger charge is -2.03. The van der Waals surface area contributed by atoms with Crippen LogP contribution in [0.5, 0.6) is 0 Å². The van der Waals surface area contributed by atoms with Crippen molar-refractivity contribution in [3.05, 3.63) is 11.6 Å². The quantitative estimate of drug-likeness (QED) is 0.294. The van der Waals surface area contributed by atoms with Gasteiger partial charge in [-0.05, 0) is 26.2 Å². The van der Waals surface area contributed by atoms with Crippen molar-refractivity contribution in [2.24, 2.45) is 0 Å². The molecule has 0 bridgehead atoms. The van der Waals surface area contributed by atoms with Crippen LogP contribution in [-0.4, -0.2) is 12.6 Å². The molecule has 18 heavy (non-hydrogen) atoms. The molecule has 0 unspecified atom stereocenters. The first-order valence-corrected chi connectivity index (χ1v) is 7.54. The SMILES string of the molecule is CCCCCCCCC(C)=CC(=O)OCCCC. The molecule has 0 N–H and O–H groups in total. The minimum Gasteiger partial charge on any atom is -0.463 e. The van der Waals surface area contributed by atoms with Gasteiger partial charge in [0, 0.05) is 6.08 Å². The molecule has 0 aromatic carbocycles. The molecule has 0 saturated heterocycles. The van der Waals surface area contributed by atoms with Gasteiger partial charge in [0.1, 0.15) is 0 Å². The van der Waals surface area contributed by atoms with Gasteiger partial charge in [-0.2, -0.15) is 0 Å². The Morgan fingerprint density at radius 1 is 0.944 bits per heavy atom. The maximum atomic E-state index is 11.4. The second kappa shape index (κ2) is 12.7. The highest BCUT2D eigenvalue weighted by atomic mass is 16.5. The molecule has 0 aromatic rings. The average molecular weight is 254 g/mol. The van der Waals surface area contributed by atoms with E-state index in [0.29, 0.717) is 6.61 Å². The summed E-state index contributed by atoms with van der Waals surface area (Å²) in [5, 5.41) is 0. The van der Waals surface area contributed by atoms with E-state index in [2.05, 4.69) is 13.8 Å². The molecule has 2 heteroatoms. The third-order valence-electron chi connectivity index (χ3n) is 3.03. The number of esters is 1. The molecule has 2 nitrogen and oxygen atoms in total. The molecular formula is C16H30O2. The molecule has 0 aliphatic rings. The van der Waals surface area contributed by atoms with Crippen molar-refractivity contribution in [3.8, 4) is 0 Å². The third kappa shape index (κ3) is 11.7. The maximum Gasteiger partial charge on any atom is 0.330 e. The zero-order valence-electron chi connectivity index (χ0n) is 12.5. The number of carbonyl (C=O) groups excluding carboxylic acids is 1. The van der Waals surface area contributed by atoms with Crippen molar-refractivity contribution in [1.82, 2.24) is 0 Å². The molecule has 0 fully saturated rings. The fraction of sp³-hybridized carbons (Fsp3) is 0.812. The highest BCUT2D eigenvalue weighted by molar-refractivity contribution is 5.82. The fourth-order valence-corrected chi connectivity index (χ4v) is 1.82. The van der Waals surface area contributed by atoms with E-state index in [1.165, 1.54) is 38.5 Å². The molecule has 0 radical (unpaired) electrons.